The van der Waals surface area contributed by atoms with E-state index in [-0.39, 0.29) is 23.5 Å². The highest BCUT2D eigenvalue weighted by molar-refractivity contribution is 5.80. The van der Waals surface area contributed by atoms with Crippen molar-refractivity contribution in [1.82, 2.24) is 5.06 Å². The van der Waals surface area contributed by atoms with E-state index in [4.69, 9.17) is 9.57 Å². The van der Waals surface area contributed by atoms with Crippen molar-refractivity contribution in [2.45, 2.75) is 18.6 Å². The van der Waals surface area contributed by atoms with Crippen molar-refractivity contribution < 1.29 is 14.4 Å². The molecule has 0 unspecified atom stereocenters. The molecule has 4 aliphatic rings. The van der Waals surface area contributed by atoms with E-state index >= 15 is 0 Å². The van der Waals surface area contributed by atoms with Gasteiger partial charge in [0.05, 0.1) is 11.5 Å². The van der Waals surface area contributed by atoms with Crippen molar-refractivity contribution in [1.29, 1.82) is 0 Å². The van der Waals surface area contributed by atoms with Crippen molar-refractivity contribution >= 4 is 5.97 Å². The third kappa shape index (κ3) is 0.702. The lowest BCUT2D eigenvalue weighted by Crippen LogP contribution is -2.45. The van der Waals surface area contributed by atoms with Crippen LogP contribution in [0.25, 0.3) is 0 Å². The standard InChI is InChI=1S/C11H13NO3/c1-12-8-10(13)14-5-11(8)7-3-2-6(4-7)9(11)15-12/h2-3,6-9H,4-5H2,1H3/t6-,7+,8+,9+,11+/m0/s1. The fraction of sp³-hybridized carbons (Fsp3) is 0.727. The number of hydrogen-bond acceptors (Lipinski definition) is 4. The van der Waals surface area contributed by atoms with Crippen molar-refractivity contribution in [2.75, 3.05) is 13.7 Å². The van der Waals surface area contributed by atoms with Crippen LogP contribution in [0.1, 0.15) is 6.42 Å². The van der Waals surface area contributed by atoms with Crippen molar-refractivity contribution in [3.8, 4) is 0 Å². The number of ether oxygens (including phenoxy) is 1. The molecule has 2 aliphatic heterocycles. The number of allylic oxidation sites excluding steroid dienone is 1. The molecule has 4 heteroatoms. The molecule has 0 amide bonds. The summed E-state index contributed by atoms with van der Waals surface area (Å²) in [7, 11) is 1.84. The molecule has 2 bridgehead atoms. The van der Waals surface area contributed by atoms with Crippen LogP contribution < -0.4 is 0 Å². The number of esters is 1. The number of carbonyl (C=O) groups is 1. The summed E-state index contributed by atoms with van der Waals surface area (Å²) in [5.74, 6) is 0.840. The first-order valence-electron chi connectivity index (χ1n) is 5.48. The van der Waals surface area contributed by atoms with E-state index in [1.165, 1.54) is 0 Å². The lowest BCUT2D eigenvalue weighted by atomic mass is 9.71. The second-order valence-corrected chi connectivity index (χ2v) is 5.09. The summed E-state index contributed by atoms with van der Waals surface area (Å²) in [4.78, 5) is 17.5. The summed E-state index contributed by atoms with van der Waals surface area (Å²) < 4.78 is 5.25. The second-order valence-electron chi connectivity index (χ2n) is 5.09. The molecular weight excluding hydrogens is 194 g/mol. The molecule has 3 fully saturated rings. The third-order valence-corrected chi connectivity index (χ3v) is 4.57. The summed E-state index contributed by atoms with van der Waals surface area (Å²) in [6, 6.07) is -0.178. The Labute approximate surface area is 87.8 Å². The molecule has 0 N–H and O–H groups in total. The van der Waals surface area contributed by atoms with Gasteiger partial charge in [0.25, 0.3) is 0 Å². The highest BCUT2D eigenvalue weighted by atomic mass is 16.7. The Bertz CT molecular complexity index is 380. The monoisotopic (exact) mass is 207 g/mol. The minimum Gasteiger partial charge on any atom is -0.464 e. The molecule has 2 aliphatic carbocycles. The SMILES string of the molecule is CN1O[C@@H]2[C@H]3C=C[C@H](C3)[C@@]23COC(=O)[C@@H]13. The minimum absolute atomic E-state index is 0.0781. The van der Waals surface area contributed by atoms with Gasteiger partial charge in [0.1, 0.15) is 12.6 Å². The van der Waals surface area contributed by atoms with Gasteiger partial charge in [-0.3, -0.25) is 9.63 Å². The summed E-state index contributed by atoms with van der Waals surface area (Å²) in [6.07, 6.45) is 5.78. The van der Waals surface area contributed by atoms with E-state index in [9.17, 15) is 4.79 Å². The first-order chi connectivity index (χ1) is 7.23. The number of hydroxylamine groups is 2. The molecule has 0 radical (unpaired) electrons. The van der Waals surface area contributed by atoms with Crippen LogP contribution >= 0.6 is 0 Å². The maximum Gasteiger partial charge on any atom is 0.326 e. The van der Waals surface area contributed by atoms with E-state index in [0.717, 1.165) is 6.42 Å². The first kappa shape index (κ1) is 8.30. The predicted molar refractivity (Wildman–Crippen MR) is 50.6 cm³/mol. The maximum atomic E-state index is 11.7. The van der Waals surface area contributed by atoms with Crippen LogP contribution in [0, 0.1) is 17.3 Å². The zero-order valence-corrected chi connectivity index (χ0v) is 8.55. The Morgan fingerprint density at radius 1 is 1.53 bits per heavy atom. The molecule has 2 saturated heterocycles. The molecule has 0 aromatic carbocycles. The molecule has 1 saturated carbocycles. The van der Waals surface area contributed by atoms with Crippen LogP contribution in [-0.2, 0) is 14.4 Å². The van der Waals surface area contributed by atoms with E-state index in [1.54, 1.807) is 5.06 Å². The first-order valence-corrected chi connectivity index (χ1v) is 5.48. The number of fused-ring (bicyclic) bond motifs is 3. The van der Waals surface area contributed by atoms with Gasteiger partial charge in [0.2, 0.25) is 0 Å². The van der Waals surface area contributed by atoms with Crippen LogP contribution in [0.15, 0.2) is 12.2 Å². The number of carbonyl (C=O) groups excluding carboxylic acids is 1. The molecular formula is C11H13NO3. The maximum absolute atomic E-state index is 11.7. The molecule has 0 aromatic rings. The van der Waals surface area contributed by atoms with E-state index in [0.29, 0.717) is 18.4 Å². The van der Waals surface area contributed by atoms with Gasteiger partial charge in [-0.1, -0.05) is 12.2 Å². The molecule has 4 nitrogen and oxygen atoms in total. The van der Waals surface area contributed by atoms with Crippen LogP contribution in [0.5, 0.6) is 0 Å². The number of cyclic esters (lactones) is 1. The normalized spacial score (nSPS) is 55.9. The zero-order valence-electron chi connectivity index (χ0n) is 8.55. The smallest absolute Gasteiger partial charge is 0.326 e. The summed E-state index contributed by atoms with van der Waals surface area (Å²) >= 11 is 0. The molecule has 0 aromatic heterocycles. The van der Waals surface area contributed by atoms with Crippen LogP contribution in [-0.4, -0.2) is 36.8 Å². The summed E-state index contributed by atoms with van der Waals surface area (Å²) in [5, 5.41) is 1.71. The van der Waals surface area contributed by atoms with E-state index in [1.807, 2.05) is 7.05 Å². The molecule has 2 heterocycles. The highest BCUT2D eigenvalue weighted by Crippen LogP contribution is 2.61. The number of likely N-dealkylation sites (N-methyl/N-ethyl adjacent to an activating group) is 1. The number of rotatable bonds is 0. The third-order valence-electron chi connectivity index (χ3n) is 4.57. The molecule has 5 atom stereocenters. The van der Waals surface area contributed by atoms with Crippen LogP contribution in [0.2, 0.25) is 0 Å². The van der Waals surface area contributed by atoms with Gasteiger partial charge in [0.15, 0.2) is 0 Å². The van der Waals surface area contributed by atoms with Gasteiger partial charge >= 0.3 is 5.97 Å². The van der Waals surface area contributed by atoms with Gasteiger partial charge in [-0.15, -0.1) is 0 Å². The van der Waals surface area contributed by atoms with Crippen LogP contribution in [0.3, 0.4) is 0 Å². The Balaban J connectivity index is 1.88. The van der Waals surface area contributed by atoms with Crippen molar-refractivity contribution in [3.63, 3.8) is 0 Å². The topological polar surface area (TPSA) is 38.8 Å². The largest absolute Gasteiger partial charge is 0.464 e. The second kappa shape index (κ2) is 2.28. The molecule has 4 rings (SSSR count). The zero-order chi connectivity index (χ0) is 10.2. The Hall–Kier alpha value is -0.870. The van der Waals surface area contributed by atoms with Crippen molar-refractivity contribution in [2.24, 2.45) is 17.3 Å². The van der Waals surface area contributed by atoms with E-state index in [2.05, 4.69) is 12.2 Å². The average Bonchev–Trinajstić information content (AvgIpc) is 2.86. The summed E-state index contributed by atoms with van der Waals surface area (Å²) in [6.45, 7) is 0.539. The lowest BCUT2D eigenvalue weighted by molar-refractivity contribution is -0.177. The number of hydrogen-bond donors (Lipinski definition) is 0. The molecule has 80 valence electrons. The Morgan fingerprint density at radius 3 is 3.27 bits per heavy atom. The minimum atomic E-state index is -0.178. The predicted octanol–water partition coefficient (Wildman–Crippen LogP) is 0.350. The molecule has 15 heavy (non-hydrogen) atoms. The highest BCUT2D eigenvalue weighted by Gasteiger charge is 2.71. The Kier molecular flexibility index (Phi) is 1.26. The quantitative estimate of drug-likeness (QED) is 0.424. The van der Waals surface area contributed by atoms with Gasteiger partial charge in [-0.05, 0) is 12.3 Å². The average molecular weight is 207 g/mol. The fourth-order valence-corrected chi connectivity index (χ4v) is 3.98. The Morgan fingerprint density at radius 2 is 2.40 bits per heavy atom. The summed E-state index contributed by atoms with van der Waals surface area (Å²) in [5.41, 5.74) is -0.0781. The fourth-order valence-electron chi connectivity index (χ4n) is 3.98. The van der Waals surface area contributed by atoms with Gasteiger partial charge < -0.3 is 4.74 Å². The van der Waals surface area contributed by atoms with Crippen LogP contribution in [0.4, 0.5) is 0 Å². The van der Waals surface area contributed by atoms with Gasteiger partial charge in [-0.2, -0.15) is 5.06 Å². The molecule has 1 spiro atoms. The van der Waals surface area contributed by atoms with Gasteiger partial charge in [0, 0.05) is 13.0 Å². The van der Waals surface area contributed by atoms with E-state index < -0.39 is 0 Å². The number of nitrogens with zero attached hydrogens (tertiary/aromatic N) is 1. The van der Waals surface area contributed by atoms with Gasteiger partial charge in [-0.25, -0.2) is 0 Å². The van der Waals surface area contributed by atoms with Crippen molar-refractivity contribution in [3.05, 3.63) is 12.2 Å². The lowest BCUT2D eigenvalue weighted by Gasteiger charge is -2.30.